The number of rotatable bonds is 3. The summed E-state index contributed by atoms with van der Waals surface area (Å²) in [5.74, 6) is 0.403. The van der Waals surface area contributed by atoms with Gasteiger partial charge in [0.15, 0.2) is 0 Å². The van der Waals surface area contributed by atoms with Crippen LogP contribution in [0.15, 0.2) is 0 Å². The van der Waals surface area contributed by atoms with Gasteiger partial charge in [-0.05, 0) is 18.8 Å². The zero-order chi connectivity index (χ0) is 14.6. The van der Waals surface area contributed by atoms with Gasteiger partial charge in [-0.1, -0.05) is 32.6 Å². The van der Waals surface area contributed by atoms with Crippen molar-refractivity contribution in [1.29, 1.82) is 5.26 Å². The molecule has 2 fully saturated rings. The van der Waals surface area contributed by atoms with Gasteiger partial charge in [0, 0.05) is 19.1 Å². The maximum absolute atomic E-state index is 12.2. The summed E-state index contributed by atoms with van der Waals surface area (Å²) < 4.78 is 0. The maximum Gasteiger partial charge on any atom is 0.235 e. The minimum Gasteiger partial charge on any atom is -0.337 e. The Balaban J connectivity index is 1.88. The zero-order valence-electron chi connectivity index (χ0n) is 12.4. The summed E-state index contributed by atoms with van der Waals surface area (Å²) in [4.78, 5) is 14.3. The number of nitrogens with zero attached hydrogens (tertiary/aromatic N) is 2. The van der Waals surface area contributed by atoms with E-state index in [1.54, 1.807) is 0 Å². The van der Waals surface area contributed by atoms with Crippen molar-refractivity contribution in [2.24, 2.45) is 11.7 Å². The van der Waals surface area contributed by atoms with Crippen LogP contribution in [0.25, 0.3) is 0 Å². The monoisotopic (exact) mass is 278 g/mol. The molecule has 5 nitrogen and oxygen atoms in total. The van der Waals surface area contributed by atoms with Crippen molar-refractivity contribution in [3.63, 3.8) is 0 Å². The van der Waals surface area contributed by atoms with Crippen molar-refractivity contribution >= 4 is 5.91 Å². The van der Waals surface area contributed by atoms with Gasteiger partial charge < -0.3 is 11.1 Å². The van der Waals surface area contributed by atoms with Gasteiger partial charge in [0.25, 0.3) is 0 Å². The summed E-state index contributed by atoms with van der Waals surface area (Å²) in [6.07, 6.45) is 5.95. The summed E-state index contributed by atoms with van der Waals surface area (Å²) in [7, 11) is 0. The van der Waals surface area contributed by atoms with Crippen LogP contribution in [-0.2, 0) is 4.79 Å². The summed E-state index contributed by atoms with van der Waals surface area (Å²) in [6.45, 7) is 4.12. The van der Waals surface area contributed by atoms with E-state index in [1.807, 2.05) is 0 Å². The summed E-state index contributed by atoms with van der Waals surface area (Å²) in [6, 6.07) is 2.51. The molecule has 0 spiro atoms. The Morgan fingerprint density at radius 1 is 1.35 bits per heavy atom. The molecule has 1 heterocycles. The van der Waals surface area contributed by atoms with Crippen molar-refractivity contribution in [3.05, 3.63) is 0 Å². The molecule has 20 heavy (non-hydrogen) atoms. The topological polar surface area (TPSA) is 82.2 Å². The number of nitriles is 1. The van der Waals surface area contributed by atoms with E-state index in [0.29, 0.717) is 12.5 Å². The molecular formula is C15H26N4O. The van der Waals surface area contributed by atoms with Crippen LogP contribution in [0.3, 0.4) is 0 Å². The molecule has 5 heteroatoms. The fraction of sp³-hybridized carbons (Fsp3) is 0.867. The highest BCUT2D eigenvalue weighted by molar-refractivity contribution is 5.79. The van der Waals surface area contributed by atoms with Gasteiger partial charge in [-0.25, -0.2) is 0 Å². The highest BCUT2D eigenvalue weighted by Crippen LogP contribution is 2.26. The van der Waals surface area contributed by atoms with Crippen LogP contribution in [-0.4, -0.2) is 42.0 Å². The zero-order valence-corrected chi connectivity index (χ0v) is 12.4. The first-order valence-corrected chi connectivity index (χ1v) is 7.75. The van der Waals surface area contributed by atoms with E-state index < -0.39 is 5.54 Å². The van der Waals surface area contributed by atoms with Gasteiger partial charge in [0.1, 0.15) is 5.54 Å². The third-order valence-corrected chi connectivity index (χ3v) is 4.66. The lowest BCUT2D eigenvalue weighted by atomic mass is 9.92. The lowest BCUT2D eigenvalue weighted by Gasteiger charge is -2.27. The highest BCUT2D eigenvalue weighted by Gasteiger charge is 2.34. The van der Waals surface area contributed by atoms with Crippen molar-refractivity contribution < 1.29 is 4.79 Å². The maximum atomic E-state index is 12.2. The van der Waals surface area contributed by atoms with Crippen LogP contribution >= 0.6 is 0 Å². The van der Waals surface area contributed by atoms with E-state index in [4.69, 9.17) is 5.73 Å². The van der Waals surface area contributed by atoms with E-state index in [2.05, 4.69) is 23.2 Å². The van der Waals surface area contributed by atoms with Crippen molar-refractivity contribution in [2.75, 3.05) is 19.6 Å². The molecule has 0 radical (unpaired) electrons. The quantitative estimate of drug-likeness (QED) is 0.755. The number of amides is 1. The molecule has 0 aromatic rings. The molecule has 2 rings (SSSR count). The van der Waals surface area contributed by atoms with Crippen molar-refractivity contribution in [3.8, 4) is 6.07 Å². The molecule has 1 aliphatic heterocycles. The number of carbonyl (C=O) groups is 1. The normalized spacial score (nSPS) is 30.4. The first-order valence-electron chi connectivity index (χ1n) is 7.75. The highest BCUT2D eigenvalue weighted by atomic mass is 16.2. The fourth-order valence-corrected chi connectivity index (χ4v) is 3.33. The first kappa shape index (κ1) is 15.3. The smallest absolute Gasteiger partial charge is 0.235 e. The van der Waals surface area contributed by atoms with Gasteiger partial charge >= 0.3 is 0 Å². The summed E-state index contributed by atoms with van der Waals surface area (Å²) in [5, 5.41) is 12.5. The third kappa shape index (κ3) is 3.71. The van der Waals surface area contributed by atoms with E-state index >= 15 is 0 Å². The summed E-state index contributed by atoms with van der Waals surface area (Å²) in [5.41, 5.74) is 5.34. The van der Waals surface area contributed by atoms with Crippen LogP contribution in [0.1, 0.15) is 45.4 Å². The number of carbonyl (C=O) groups excluding carboxylic acids is 1. The molecule has 0 aromatic heterocycles. The van der Waals surface area contributed by atoms with Crippen LogP contribution in [0.2, 0.25) is 0 Å². The number of hydrogen-bond acceptors (Lipinski definition) is 4. The van der Waals surface area contributed by atoms with Gasteiger partial charge in [-0.15, -0.1) is 0 Å². The number of nitrogens with two attached hydrogens (primary N) is 1. The molecule has 3 N–H and O–H groups in total. The van der Waals surface area contributed by atoms with Crippen LogP contribution < -0.4 is 11.1 Å². The summed E-state index contributed by atoms with van der Waals surface area (Å²) >= 11 is 0. The largest absolute Gasteiger partial charge is 0.337 e. The number of nitrogens with one attached hydrogen (secondary N) is 1. The molecule has 1 saturated heterocycles. The minimum absolute atomic E-state index is 0.0326. The second kappa shape index (κ2) is 6.55. The first-order chi connectivity index (χ1) is 9.54. The average molecular weight is 278 g/mol. The molecule has 1 aliphatic carbocycles. The van der Waals surface area contributed by atoms with Gasteiger partial charge in [0.05, 0.1) is 12.6 Å². The lowest BCUT2D eigenvalue weighted by Crippen LogP contribution is -2.50. The van der Waals surface area contributed by atoms with Crippen LogP contribution in [0.4, 0.5) is 0 Å². The minimum atomic E-state index is -0.638. The second-order valence-electron chi connectivity index (χ2n) is 6.49. The molecule has 2 aliphatic rings. The fourth-order valence-electron chi connectivity index (χ4n) is 3.33. The predicted octanol–water partition coefficient (Wildman–Crippen LogP) is 0.998. The molecule has 1 saturated carbocycles. The van der Waals surface area contributed by atoms with Gasteiger partial charge in [-0.3, -0.25) is 9.69 Å². The number of likely N-dealkylation sites (tertiary alicyclic amines) is 1. The Labute approximate surface area is 121 Å². The Bertz CT molecular complexity index is 372. The molecular weight excluding hydrogens is 252 g/mol. The van der Waals surface area contributed by atoms with E-state index in [0.717, 1.165) is 51.6 Å². The number of hydrogen-bond donors (Lipinski definition) is 2. The Morgan fingerprint density at radius 3 is 2.50 bits per heavy atom. The SMILES string of the molecule is CC1CN(CC(=O)NC2(C#N)CCCCCC2)CC1N. The molecule has 2 unspecified atom stereocenters. The van der Waals surface area contributed by atoms with Crippen LogP contribution in [0.5, 0.6) is 0 Å². The standard InChI is InChI=1S/C15H26N4O/c1-12-8-19(9-13(12)17)10-14(20)18-15(11-16)6-4-2-3-5-7-15/h12-13H,2-10,17H2,1H3,(H,18,20). The molecule has 0 bridgehead atoms. The average Bonchev–Trinajstić information content (AvgIpc) is 2.62. The third-order valence-electron chi connectivity index (χ3n) is 4.66. The van der Waals surface area contributed by atoms with Crippen LogP contribution in [0, 0.1) is 17.2 Å². The Hall–Kier alpha value is -1.12. The molecule has 0 aromatic carbocycles. The lowest BCUT2D eigenvalue weighted by molar-refractivity contribution is -0.123. The van der Waals surface area contributed by atoms with Crippen molar-refractivity contribution in [1.82, 2.24) is 10.2 Å². The molecule has 2 atom stereocenters. The van der Waals surface area contributed by atoms with E-state index in [-0.39, 0.29) is 11.9 Å². The molecule has 112 valence electrons. The van der Waals surface area contributed by atoms with Gasteiger partial charge in [-0.2, -0.15) is 5.26 Å². The second-order valence-corrected chi connectivity index (χ2v) is 6.49. The van der Waals surface area contributed by atoms with Crippen molar-refractivity contribution in [2.45, 2.75) is 57.0 Å². The molecule has 1 amide bonds. The van der Waals surface area contributed by atoms with Gasteiger partial charge in [0.2, 0.25) is 5.91 Å². The Kier molecular flexibility index (Phi) is 5.00. The Morgan fingerprint density at radius 2 is 2.00 bits per heavy atom. The van der Waals surface area contributed by atoms with E-state index in [1.165, 1.54) is 0 Å². The predicted molar refractivity (Wildman–Crippen MR) is 77.8 cm³/mol. The van der Waals surface area contributed by atoms with E-state index in [9.17, 15) is 10.1 Å².